The van der Waals surface area contributed by atoms with Gasteiger partial charge in [0.2, 0.25) is 5.91 Å². The molecule has 0 aliphatic rings. The number of carbonyl (C=O) groups excluding carboxylic acids is 1. The van der Waals surface area contributed by atoms with Gasteiger partial charge in [0.1, 0.15) is 12.4 Å². The molecule has 2 aromatic carbocycles. The molecule has 0 saturated carbocycles. The van der Waals surface area contributed by atoms with Crippen LogP contribution in [0.2, 0.25) is 0 Å². The molecule has 0 radical (unpaired) electrons. The van der Waals surface area contributed by atoms with Gasteiger partial charge in [-0.1, -0.05) is 18.2 Å². The van der Waals surface area contributed by atoms with Crippen LogP contribution in [-0.2, 0) is 11.2 Å². The Morgan fingerprint density at radius 1 is 1.17 bits per heavy atom. The number of aliphatic hydroxyl groups excluding tert-OH is 1. The summed E-state index contributed by atoms with van der Waals surface area (Å²) >= 11 is 0. The average molecular weight is 316 g/mol. The van der Waals surface area contributed by atoms with Crippen molar-refractivity contribution >= 4 is 17.3 Å². The molecule has 0 heterocycles. The molecule has 0 aromatic heterocycles. The van der Waals surface area contributed by atoms with E-state index in [-0.39, 0.29) is 11.9 Å². The number of benzene rings is 2. The molecule has 122 valence electrons. The molecular weight excluding hydrogens is 295 g/mol. The highest BCUT2D eigenvalue weighted by molar-refractivity contribution is 5.91. The fraction of sp³-hybridized carbons (Fsp3) is 0.278. The summed E-state index contributed by atoms with van der Waals surface area (Å²) in [7, 11) is 0. The van der Waals surface area contributed by atoms with Crippen LogP contribution in [0.1, 0.15) is 18.9 Å². The van der Waals surface area contributed by atoms with Crippen molar-refractivity contribution in [3.8, 4) is 0 Å². The molecule has 23 heavy (non-hydrogen) atoms. The molecule has 1 atom stereocenters. The average Bonchev–Trinajstić information content (AvgIpc) is 2.54. The summed E-state index contributed by atoms with van der Waals surface area (Å²) in [5.74, 6) is -0.659. The highest BCUT2D eigenvalue weighted by Gasteiger charge is 2.05. The minimum Gasteiger partial charge on any atom is -0.387 e. The van der Waals surface area contributed by atoms with Crippen molar-refractivity contribution in [2.45, 2.75) is 25.8 Å². The lowest BCUT2D eigenvalue weighted by Crippen LogP contribution is -2.17. The van der Waals surface area contributed by atoms with Gasteiger partial charge in [-0.05, 0) is 55.7 Å². The van der Waals surface area contributed by atoms with Gasteiger partial charge >= 0.3 is 0 Å². The van der Waals surface area contributed by atoms with Gasteiger partial charge < -0.3 is 15.7 Å². The van der Waals surface area contributed by atoms with Crippen molar-refractivity contribution in [1.82, 2.24) is 0 Å². The fourth-order valence-corrected chi connectivity index (χ4v) is 2.28. The number of carbonyl (C=O) groups is 1. The first-order valence-electron chi connectivity index (χ1n) is 7.58. The van der Waals surface area contributed by atoms with Crippen LogP contribution in [0.15, 0.2) is 48.5 Å². The second-order valence-electron chi connectivity index (χ2n) is 5.50. The summed E-state index contributed by atoms with van der Waals surface area (Å²) in [6, 6.07) is 14.1. The SMILES string of the molecule is CC(CCc1ccc(F)cc1)Nc1cccc(NC(=O)CO)c1. The van der Waals surface area contributed by atoms with E-state index in [9.17, 15) is 9.18 Å². The Bertz CT molecular complexity index is 644. The highest BCUT2D eigenvalue weighted by atomic mass is 19.1. The lowest BCUT2D eigenvalue weighted by atomic mass is 10.1. The minimum absolute atomic E-state index is 0.221. The molecule has 4 nitrogen and oxygen atoms in total. The molecule has 0 fully saturated rings. The van der Waals surface area contributed by atoms with Gasteiger partial charge in [0, 0.05) is 17.4 Å². The van der Waals surface area contributed by atoms with Gasteiger partial charge in [0.05, 0.1) is 0 Å². The lowest BCUT2D eigenvalue weighted by Gasteiger charge is -2.16. The van der Waals surface area contributed by atoms with Crippen molar-refractivity contribution in [1.29, 1.82) is 0 Å². The maximum atomic E-state index is 12.9. The van der Waals surface area contributed by atoms with Gasteiger partial charge in [-0.3, -0.25) is 4.79 Å². The van der Waals surface area contributed by atoms with Crippen LogP contribution in [0, 0.1) is 5.82 Å². The molecule has 1 unspecified atom stereocenters. The lowest BCUT2D eigenvalue weighted by molar-refractivity contribution is -0.118. The number of aryl methyl sites for hydroxylation is 1. The topological polar surface area (TPSA) is 61.4 Å². The number of hydrogen-bond donors (Lipinski definition) is 3. The summed E-state index contributed by atoms with van der Waals surface area (Å²) < 4.78 is 12.9. The van der Waals surface area contributed by atoms with Gasteiger partial charge in [0.25, 0.3) is 0 Å². The van der Waals surface area contributed by atoms with Crippen LogP contribution in [0.25, 0.3) is 0 Å². The molecule has 0 spiro atoms. The summed E-state index contributed by atoms with van der Waals surface area (Å²) in [6.45, 7) is 1.54. The van der Waals surface area contributed by atoms with Crippen molar-refractivity contribution in [3.63, 3.8) is 0 Å². The van der Waals surface area contributed by atoms with E-state index < -0.39 is 12.5 Å². The number of nitrogens with one attached hydrogen (secondary N) is 2. The van der Waals surface area contributed by atoms with Crippen LogP contribution in [0.5, 0.6) is 0 Å². The Hall–Kier alpha value is -2.40. The van der Waals surface area contributed by atoms with E-state index >= 15 is 0 Å². The third kappa shape index (κ3) is 5.71. The van der Waals surface area contributed by atoms with Gasteiger partial charge in [-0.25, -0.2) is 4.39 Å². The third-order valence-electron chi connectivity index (χ3n) is 3.48. The van der Waals surface area contributed by atoms with E-state index in [1.807, 2.05) is 18.2 Å². The van der Waals surface area contributed by atoms with E-state index in [1.54, 1.807) is 18.2 Å². The number of aliphatic hydroxyl groups is 1. The maximum Gasteiger partial charge on any atom is 0.250 e. The molecule has 0 bridgehead atoms. The maximum absolute atomic E-state index is 12.9. The summed E-state index contributed by atoms with van der Waals surface area (Å²) in [5, 5.41) is 14.7. The van der Waals surface area contributed by atoms with Crippen LogP contribution in [-0.4, -0.2) is 23.7 Å². The van der Waals surface area contributed by atoms with Crippen LogP contribution in [0.4, 0.5) is 15.8 Å². The monoisotopic (exact) mass is 316 g/mol. The first kappa shape index (κ1) is 17.0. The molecule has 0 aliphatic carbocycles. The predicted molar refractivity (Wildman–Crippen MR) is 90.0 cm³/mol. The second kappa shape index (κ2) is 8.29. The number of rotatable bonds is 7. The zero-order valence-corrected chi connectivity index (χ0v) is 13.1. The van der Waals surface area contributed by atoms with E-state index in [4.69, 9.17) is 5.11 Å². The van der Waals surface area contributed by atoms with Crippen molar-refractivity contribution in [2.24, 2.45) is 0 Å². The molecule has 0 saturated heterocycles. The predicted octanol–water partition coefficient (Wildman–Crippen LogP) is 3.19. The number of anilines is 2. The van der Waals surface area contributed by atoms with E-state index in [1.165, 1.54) is 12.1 Å². The van der Waals surface area contributed by atoms with Gasteiger partial charge in [-0.15, -0.1) is 0 Å². The Kier molecular flexibility index (Phi) is 6.11. The Balaban J connectivity index is 1.87. The van der Waals surface area contributed by atoms with E-state index in [0.717, 1.165) is 24.1 Å². The molecule has 2 rings (SSSR count). The normalized spacial score (nSPS) is 11.8. The zero-order chi connectivity index (χ0) is 16.7. The quantitative estimate of drug-likeness (QED) is 0.735. The van der Waals surface area contributed by atoms with E-state index in [0.29, 0.717) is 5.69 Å². The van der Waals surface area contributed by atoms with Crippen molar-refractivity contribution < 1.29 is 14.3 Å². The minimum atomic E-state index is -0.536. The van der Waals surface area contributed by atoms with Crippen LogP contribution in [0.3, 0.4) is 0 Å². The smallest absolute Gasteiger partial charge is 0.250 e. The number of amides is 1. The molecule has 0 aliphatic heterocycles. The molecular formula is C18H21FN2O2. The first-order valence-corrected chi connectivity index (χ1v) is 7.58. The number of halogens is 1. The largest absolute Gasteiger partial charge is 0.387 e. The molecule has 3 N–H and O–H groups in total. The van der Waals surface area contributed by atoms with Crippen molar-refractivity contribution in [3.05, 3.63) is 59.9 Å². The Morgan fingerprint density at radius 3 is 2.57 bits per heavy atom. The summed E-state index contributed by atoms with van der Waals surface area (Å²) in [4.78, 5) is 11.2. The first-order chi connectivity index (χ1) is 11.1. The third-order valence-corrected chi connectivity index (χ3v) is 3.48. The standard InChI is InChI=1S/C18H21FN2O2/c1-13(5-6-14-7-9-15(19)10-8-14)20-16-3-2-4-17(11-16)21-18(23)12-22/h2-4,7-11,13,20,22H,5-6,12H2,1H3,(H,21,23). The zero-order valence-electron chi connectivity index (χ0n) is 13.1. The molecule has 2 aromatic rings. The second-order valence-corrected chi connectivity index (χ2v) is 5.50. The van der Waals surface area contributed by atoms with Gasteiger partial charge in [0.15, 0.2) is 0 Å². The molecule has 5 heteroatoms. The van der Waals surface area contributed by atoms with Crippen molar-refractivity contribution in [2.75, 3.05) is 17.2 Å². The van der Waals surface area contributed by atoms with Crippen LogP contribution < -0.4 is 10.6 Å². The van der Waals surface area contributed by atoms with Gasteiger partial charge in [-0.2, -0.15) is 0 Å². The Labute approximate surface area is 135 Å². The van der Waals surface area contributed by atoms with E-state index in [2.05, 4.69) is 17.6 Å². The fourth-order valence-electron chi connectivity index (χ4n) is 2.28. The molecule has 1 amide bonds. The Morgan fingerprint density at radius 2 is 1.87 bits per heavy atom. The van der Waals surface area contributed by atoms with Crippen LogP contribution >= 0.6 is 0 Å². The summed E-state index contributed by atoms with van der Waals surface area (Å²) in [6.07, 6.45) is 1.76. The summed E-state index contributed by atoms with van der Waals surface area (Å²) in [5.41, 5.74) is 2.64. The highest BCUT2D eigenvalue weighted by Crippen LogP contribution is 2.17. The number of hydrogen-bond acceptors (Lipinski definition) is 3.